The molecule has 0 spiro atoms. The lowest BCUT2D eigenvalue weighted by Crippen LogP contribution is -2.35. The van der Waals surface area contributed by atoms with Gasteiger partial charge in [-0.2, -0.15) is 0 Å². The number of nitrogens with zero attached hydrogens (tertiary/aromatic N) is 2. The molecule has 1 aliphatic rings. The van der Waals surface area contributed by atoms with Crippen molar-refractivity contribution in [2.75, 3.05) is 27.2 Å². The largest absolute Gasteiger partial charge is 0.450 e. The molecule has 1 atom stereocenters. The Morgan fingerprint density at radius 2 is 1.83 bits per heavy atom. The molecule has 5 nitrogen and oxygen atoms in total. The molecule has 0 saturated heterocycles. The van der Waals surface area contributed by atoms with Gasteiger partial charge in [0.2, 0.25) is 5.76 Å². The second-order valence-electron chi connectivity index (χ2n) is 7.61. The molecule has 0 N–H and O–H groups in total. The van der Waals surface area contributed by atoms with E-state index in [9.17, 15) is 9.59 Å². The van der Waals surface area contributed by atoms with Crippen molar-refractivity contribution >= 4 is 32.8 Å². The maximum Gasteiger partial charge on any atom is 0.290 e. The molecule has 0 bridgehead atoms. The number of fused-ring (bicyclic) bond motifs is 2. The summed E-state index contributed by atoms with van der Waals surface area (Å²) in [6, 6.07) is 13.0. The van der Waals surface area contributed by atoms with E-state index in [2.05, 4.69) is 35.0 Å². The molecule has 29 heavy (non-hydrogen) atoms. The van der Waals surface area contributed by atoms with E-state index >= 15 is 0 Å². The molecular formula is C23H23BrN2O3. The van der Waals surface area contributed by atoms with Crippen LogP contribution in [0.4, 0.5) is 0 Å². The molecular weight excluding hydrogens is 432 g/mol. The lowest BCUT2D eigenvalue weighted by molar-refractivity contribution is 0.0716. The third-order valence-electron chi connectivity index (χ3n) is 5.42. The van der Waals surface area contributed by atoms with Crippen LogP contribution < -0.4 is 5.43 Å². The van der Waals surface area contributed by atoms with E-state index in [0.29, 0.717) is 29.6 Å². The van der Waals surface area contributed by atoms with Crippen LogP contribution in [0, 0.1) is 0 Å². The Morgan fingerprint density at radius 3 is 2.48 bits per heavy atom. The lowest BCUT2D eigenvalue weighted by Gasteiger charge is -2.26. The Hall–Kier alpha value is -2.44. The van der Waals surface area contributed by atoms with Crippen molar-refractivity contribution in [2.24, 2.45) is 0 Å². The third-order valence-corrected chi connectivity index (χ3v) is 5.91. The quantitative estimate of drug-likeness (QED) is 0.578. The molecule has 150 valence electrons. The fraction of sp³-hybridized carbons (Fsp3) is 0.304. The number of carbonyl (C=O) groups excluding carboxylic acids is 1. The van der Waals surface area contributed by atoms with Gasteiger partial charge in [-0.15, -0.1) is 0 Å². The first-order chi connectivity index (χ1) is 13.9. The number of carbonyl (C=O) groups is 1. The first-order valence-corrected chi connectivity index (χ1v) is 10.5. The maximum atomic E-state index is 13.4. The Morgan fingerprint density at radius 1 is 1.10 bits per heavy atom. The Kier molecular flexibility index (Phi) is 5.32. The van der Waals surface area contributed by atoms with E-state index in [4.69, 9.17) is 4.42 Å². The highest BCUT2D eigenvalue weighted by atomic mass is 79.9. The van der Waals surface area contributed by atoms with Gasteiger partial charge in [-0.05, 0) is 49.8 Å². The standard InChI is InChI=1S/C23H23BrN2O3/c1-4-14-5-7-15(8-6-14)20-19-21(27)17-13-16(24)9-10-18(17)29-22(19)23(28)26(20)12-11-25(2)3/h5-10,13,20H,4,11-12H2,1-3H3. The van der Waals surface area contributed by atoms with Crippen molar-refractivity contribution in [2.45, 2.75) is 19.4 Å². The summed E-state index contributed by atoms with van der Waals surface area (Å²) in [6.45, 7) is 3.31. The highest BCUT2D eigenvalue weighted by Gasteiger charge is 2.42. The molecule has 1 aliphatic heterocycles. The fourth-order valence-electron chi connectivity index (χ4n) is 3.81. The van der Waals surface area contributed by atoms with E-state index in [1.165, 1.54) is 5.56 Å². The summed E-state index contributed by atoms with van der Waals surface area (Å²) in [7, 11) is 3.93. The van der Waals surface area contributed by atoms with Crippen molar-refractivity contribution in [3.05, 3.63) is 79.6 Å². The smallest absolute Gasteiger partial charge is 0.290 e. The topological polar surface area (TPSA) is 53.8 Å². The summed E-state index contributed by atoms with van der Waals surface area (Å²) in [5.41, 5.74) is 2.86. The predicted molar refractivity (Wildman–Crippen MR) is 117 cm³/mol. The minimum atomic E-state index is -0.442. The zero-order valence-corrected chi connectivity index (χ0v) is 18.3. The van der Waals surface area contributed by atoms with Gasteiger partial charge in [-0.25, -0.2) is 0 Å². The molecule has 2 aromatic carbocycles. The Labute approximate surface area is 178 Å². The minimum Gasteiger partial charge on any atom is -0.450 e. The van der Waals surface area contributed by atoms with Gasteiger partial charge in [0, 0.05) is 17.6 Å². The van der Waals surface area contributed by atoms with Crippen LogP contribution >= 0.6 is 15.9 Å². The van der Waals surface area contributed by atoms with Crippen molar-refractivity contribution < 1.29 is 9.21 Å². The lowest BCUT2D eigenvalue weighted by atomic mass is 9.97. The molecule has 1 aromatic heterocycles. The van der Waals surface area contributed by atoms with Crippen LogP contribution in [0.15, 0.2) is 56.1 Å². The monoisotopic (exact) mass is 454 g/mol. The molecule has 0 radical (unpaired) electrons. The first-order valence-electron chi connectivity index (χ1n) is 9.71. The second kappa shape index (κ2) is 7.76. The first kappa shape index (κ1) is 19.9. The highest BCUT2D eigenvalue weighted by molar-refractivity contribution is 9.10. The average molecular weight is 455 g/mol. The number of likely N-dealkylation sites (N-methyl/N-ethyl adjacent to an activating group) is 1. The van der Waals surface area contributed by atoms with Crippen molar-refractivity contribution in [1.82, 2.24) is 9.80 Å². The number of hydrogen-bond acceptors (Lipinski definition) is 4. The molecule has 2 heterocycles. The van der Waals surface area contributed by atoms with Crippen molar-refractivity contribution in [1.29, 1.82) is 0 Å². The van der Waals surface area contributed by atoms with Gasteiger partial charge in [0.25, 0.3) is 5.91 Å². The number of aryl methyl sites for hydroxylation is 1. The van der Waals surface area contributed by atoms with Crippen molar-refractivity contribution in [3.63, 3.8) is 0 Å². The fourth-order valence-corrected chi connectivity index (χ4v) is 4.17. The van der Waals surface area contributed by atoms with Gasteiger partial charge in [-0.3, -0.25) is 9.59 Å². The number of amides is 1. The van der Waals surface area contributed by atoms with Gasteiger partial charge < -0.3 is 14.2 Å². The van der Waals surface area contributed by atoms with Gasteiger partial charge >= 0.3 is 0 Å². The minimum absolute atomic E-state index is 0.146. The zero-order valence-electron chi connectivity index (χ0n) is 16.7. The SMILES string of the molecule is CCc1ccc(C2c3c(oc4ccc(Br)cc4c3=O)C(=O)N2CCN(C)C)cc1. The summed E-state index contributed by atoms with van der Waals surface area (Å²) in [6.07, 6.45) is 0.936. The van der Waals surface area contributed by atoms with Gasteiger partial charge in [0.05, 0.1) is 17.0 Å². The summed E-state index contributed by atoms with van der Waals surface area (Å²) >= 11 is 3.42. The van der Waals surface area contributed by atoms with Crippen LogP contribution in [0.25, 0.3) is 11.0 Å². The number of hydrogen-bond donors (Lipinski definition) is 0. The summed E-state index contributed by atoms with van der Waals surface area (Å²) < 4.78 is 6.76. The average Bonchev–Trinajstić information content (AvgIpc) is 2.99. The van der Waals surface area contributed by atoms with Crippen LogP contribution in [0.1, 0.15) is 40.2 Å². The highest BCUT2D eigenvalue weighted by Crippen LogP contribution is 2.38. The Balaban J connectivity index is 1.92. The van der Waals surface area contributed by atoms with Gasteiger partial charge in [0.1, 0.15) is 5.58 Å². The van der Waals surface area contributed by atoms with E-state index in [0.717, 1.165) is 16.5 Å². The van der Waals surface area contributed by atoms with Crippen LogP contribution in [0.5, 0.6) is 0 Å². The van der Waals surface area contributed by atoms with Crippen LogP contribution in [0.2, 0.25) is 0 Å². The normalized spacial score (nSPS) is 16.1. The van der Waals surface area contributed by atoms with Gasteiger partial charge in [0.15, 0.2) is 5.43 Å². The molecule has 1 unspecified atom stereocenters. The molecule has 4 rings (SSSR count). The van der Waals surface area contributed by atoms with Crippen molar-refractivity contribution in [3.8, 4) is 0 Å². The molecule has 0 saturated carbocycles. The molecule has 1 amide bonds. The summed E-state index contributed by atoms with van der Waals surface area (Å²) in [4.78, 5) is 30.5. The third kappa shape index (κ3) is 3.51. The second-order valence-corrected chi connectivity index (χ2v) is 8.53. The molecule has 6 heteroatoms. The molecule has 0 aliphatic carbocycles. The number of benzene rings is 2. The van der Waals surface area contributed by atoms with Crippen LogP contribution in [0.3, 0.4) is 0 Å². The molecule has 0 fully saturated rings. The summed E-state index contributed by atoms with van der Waals surface area (Å²) in [5.74, 6) is -0.0681. The van der Waals surface area contributed by atoms with E-state index in [1.54, 1.807) is 17.0 Å². The van der Waals surface area contributed by atoms with Crippen LogP contribution in [-0.4, -0.2) is 42.9 Å². The number of halogens is 1. The van der Waals surface area contributed by atoms with Crippen LogP contribution in [-0.2, 0) is 6.42 Å². The number of rotatable bonds is 5. The van der Waals surface area contributed by atoms with E-state index in [-0.39, 0.29) is 17.1 Å². The zero-order chi connectivity index (χ0) is 20.7. The maximum absolute atomic E-state index is 13.4. The summed E-state index contributed by atoms with van der Waals surface area (Å²) in [5, 5.41) is 0.482. The Bertz CT molecular complexity index is 1140. The van der Waals surface area contributed by atoms with Gasteiger partial charge in [-0.1, -0.05) is 47.1 Å². The van der Waals surface area contributed by atoms with E-state index < -0.39 is 6.04 Å². The molecule has 3 aromatic rings. The predicted octanol–water partition coefficient (Wildman–Crippen LogP) is 4.22. The van der Waals surface area contributed by atoms with E-state index in [1.807, 2.05) is 37.2 Å².